The molecule has 3 aromatic carbocycles. The molecule has 0 spiro atoms. The number of hydrogen-bond acceptors (Lipinski definition) is 6. The molecule has 0 saturated heterocycles. The van der Waals surface area contributed by atoms with Gasteiger partial charge in [0.15, 0.2) is 0 Å². The Balaban J connectivity index is 1.44. The summed E-state index contributed by atoms with van der Waals surface area (Å²) in [6, 6.07) is 26.6. The lowest BCUT2D eigenvalue weighted by Crippen LogP contribution is -2.25. The summed E-state index contributed by atoms with van der Waals surface area (Å²) in [5.74, 6) is 4.53. The summed E-state index contributed by atoms with van der Waals surface area (Å²) in [6.07, 6.45) is 7.66. The van der Waals surface area contributed by atoms with Crippen LogP contribution in [0.2, 0.25) is 0 Å². The van der Waals surface area contributed by atoms with Crippen LogP contribution in [0.25, 0.3) is 11.1 Å². The first kappa shape index (κ1) is 31.5. The number of hydrogen-bond donors (Lipinski definition) is 2. The maximum Gasteiger partial charge on any atom is 0.338 e. The lowest BCUT2D eigenvalue weighted by molar-refractivity contribution is -0.140. The van der Waals surface area contributed by atoms with Crippen LogP contribution in [0.1, 0.15) is 48.0 Å². The molecule has 2 N–H and O–H groups in total. The second kappa shape index (κ2) is 16.3. The van der Waals surface area contributed by atoms with Crippen molar-refractivity contribution in [2.75, 3.05) is 7.11 Å². The number of esters is 2. The zero-order valence-electron chi connectivity index (χ0n) is 24.3. The molecule has 0 heterocycles. The van der Waals surface area contributed by atoms with Gasteiger partial charge in [0.1, 0.15) is 12.2 Å². The van der Waals surface area contributed by atoms with E-state index in [-0.39, 0.29) is 24.2 Å². The summed E-state index contributed by atoms with van der Waals surface area (Å²) < 4.78 is 10.7. The third kappa shape index (κ3) is 9.54. The number of rotatable bonds is 11. The van der Waals surface area contributed by atoms with Crippen molar-refractivity contribution in [3.8, 4) is 23.0 Å². The van der Waals surface area contributed by atoms with Gasteiger partial charge in [-0.15, -0.1) is 0 Å². The average Bonchev–Trinajstić information content (AvgIpc) is 3.34. The van der Waals surface area contributed by atoms with Crippen LogP contribution in [0.15, 0.2) is 109 Å². The Hall–Kier alpha value is -4.44. The number of aliphatic hydroxyl groups excluding tert-OH is 2. The molecule has 1 fully saturated rings. The van der Waals surface area contributed by atoms with Crippen LogP contribution in [0, 0.1) is 23.7 Å². The molecule has 3 aromatic rings. The SMILES string of the molecule is COC(=O)CCC/C=C\C[C@@H]1[C@@H](/C=C/C(O)C#Cc2ccccc2)[C@H](O)C[C@@H]1OC(=O)c1ccc(-c2ccccc2)cc1. The molecule has 0 amide bonds. The minimum Gasteiger partial charge on any atom is -0.469 e. The van der Waals surface area contributed by atoms with E-state index in [4.69, 9.17) is 9.47 Å². The molecule has 6 heteroatoms. The van der Waals surface area contributed by atoms with Crippen LogP contribution in [0.5, 0.6) is 0 Å². The van der Waals surface area contributed by atoms with Gasteiger partial charge in [-0.3, -0.25) is 4.79 Å². The predicted octanol–water partition coefficient (Wildman–Crippen LogP) is 6.13. The Kier molecular flexibility index (Phi) is 11.9. The first-order valence-electron chi connectivity index (χ1n) is 14.6. The van der Waals surface area contributed by atoms with Gasteiger partial charge in [-0.25, -0.2) is 4.79 Å². The molecule has 0 aromatic heterocycles. The van der Waals surface area contributed by atoms with Crippen molar-refractivity contribution in [1.82, 2.24) is 0 Å². The van der Waals surface area contributed by atoms with Crippen molar-refractivity contribution in [2.45, 2.75) is 50.4 Å². The lowest BCUT2D eigenvalue weighted by Gasteiger charge is -2.22. The molecule has 6 nitrogen and oxygen atoms in total. The van der Waals surface area contributed by atoms with Gasteiger partial charge in [0.2, 0.25) is 0 Å². The maximum atomic E-state index is 13.2. The topological polar surface area (TPSA) is 93.1 Å². The van der Waals surface area contributed by atoms with Gasteiger partial charge in [-0.05, 0) is 60.7 Å². The summed E-state index contributed by atoms with van der Waals surface area (Å²) in [7, 11) is 1.38. The Morgan fingerprint density at radius 2 is 1.63 bits per heavy atom. The number of allylic oxidation sites excluding steroid dienone is 2. The molecule has 0 aliphatic heterocycles. The molecule has 0 radical (unpaired) electrons. The van der Waals surface area contributed by atoms with E-state index in [0.29, 0.717) is 31.2 Å². The number of carbonyl (C=O) groups excluding carboxylic acids is 2. The summed E-state index contributed by atoms with van der Waals surface area (Å²) in [5, 5.41) is 21.5. The Bertz CT molecular complexity index is 1430. The standard InChI is InChI=1S/C37H38O6/c1-42-36(40)17-11-3-2-10-16-33-32(25-24-31(38)23-18-27-12-6-4-7-13-27)34(39)26-35(33)43-37(41)30-21-19-29(20-22-30)28-14-8-5-9-15-28/h2,4-10,12-15,19-22,24-25,31-35,38-39H,3,11,16-17,26H2,1H3/b10-2-,25-24+/t31?,32-,33-,34-,35+/m1/s1. The summed E-state index contributed by atoms with van der Waals surface area (Å²) in [4.78, 5) is 24.5. The second-order valence-corrected chi connectivity index (χ2v) is 10.6. The van der Waals surface area contributed by atoms with Crippen molar-refractivity contribution in [3.05, 3.63) is 120 Å². The quantitative estimate of drug-likeness (QED) is 0.123. The van der Waals surface area contributed by atoms with Gasteiger partial charge in [-0.2, -0.15) is 0 Å². The molecule has 222 valence electrons. The number of methoxy groups -OCH3 is 1. The van der Waals surface area contributed by atoms with E-state index in [1.54, 1.807) is 24.3 Å². The Labute approximate surface area is 253 Å². The third-order valence-corrected chi connectivity index (χ3v) is 7.58. The van der Waals surface area contributed by atoms with Gasteiger partial charge in [0, 0.05) is 30.2 Å². The van der Waals surface area contributed by atoms with E-state index in [1.165, 1.54) is 7.11 Å². The van der Waals surface area contributed by atoms with Crippen LogP contribution < -0.4 is 0 Å². The molecule has 0 bridgehead atoms. The molecule has 4 rings (SSSR count). The Morgan fingerprint density at radius 1 is 0.953 bits per heavy atom. The first-order valence-corrected chi connectivity index (χ1v) is 14.6. The molecular formula is C37H38O6. The van der Waals surface area contributed by atoms with Crippen molar-refractivity contribution >= 4 is 11.9 Å². The van der Waals surface area contributed by atoms with Crippen molar-refractivity contribution in [2.24, 2.45) is 11.8 Å². The van der Waals surface area contributed by atoms with E-state index in [0.717, 1.165) is 16.7 Å². The number of ether oxygens (including phenoxy) is 2. The fraction of sp³-hybridized carbons (Fsp3) is 0.297. The number of unbranched alkanes of at least 4 members (excludes halogenated alkanes) is 1. The van der Waals surface area contributed by atoms with Crippen molar-refractivity contribution in [3.63, 3.8) is 0 Å². The summed E-state index contributed by atoms with van der Waals surface area (Å²) in [6.45, 7) is 0. The minimum atomic E-state index is -1.01. The molecule has 1 aliphatic rings. The molecule has 5 atom stereocenters. The lowest BCUT2D eigenvalue weighted by atomic mass is 9.89. The highest BCUT2D eigenvalue weighted by atomic mass is 16.5. The monoisotopic (exact) mass is 578 g/mol. The van der Waals surface area contributed by atoms with Crippen LogP contribution in [-0.4, -0.2) is 47.6 Å². The predicted molar refractivity (Wildman–Crippen MR) is 167 cm³/mol. The van der Waals surface area contributed by atoms with Gasteiger partial charge < -0.3 is 19.7 Å². The molecule has 43 heavy (non-hydrogen) atoms. The van der Waals surface area contributed by atoms with Gasteiger partial charge in [-0.1, -0.05) is 90.7 Å². The molecule has 1 unspecified atom stereocenters. The van der Waals surface area contributed by atoms with E-state index in [9.17, 15) is 19.8 Å². The van der Waals surface area contributed by atoms with Crippen molar-refractivity contribution < 1.29 is 29.3 Å². The van der Waals surface area contributed by atoms with Gasteiger partial charge in [0.05, 0.1) is 18.8 Å². The minimum absolute atomic E-state index is 0.204. The normalized spacial score (nSPS) is 20.4. The van der Waals surface area contributed by atoms with Gasteiger partial charge >= 0.3 is 11.9 Å². The third-order valence-electron chi connectivity index (χ3n) is 7.58. The van der Waals surface area contributed by atoms with Crippen LogP contribution in [-0.2, 0) is 14.3 Å². The van der Waals surface area contributed by atoms with Crippen LogP contribution in [0.3, 0.4) is 0 Å². The number of benzene rings is 3. The molecular weight excluding hydrogens is 540 g/mol. The number of aliphatic hydroxyl groups is 2. The highest BCUT2D eigenvalue weighted by Crippen LogP contribution is 2.39. The summed E-state index contributed by atoms with van der Waals surface area (Å²) in [5.41, 5.74) is 3.31. The first-order chi connectivity index (χ1) is 20.9. The molecule has 1 saturated carbocycles. The van der Waals surface area contributed by atoms with Crippen LogP contribution in [0.4, 0.5) is 0 Å². The fourth-order valence-corrected chi connectivity index (χ4v) is 5.25. The maximum absolute atomic E-state index is 13.2. The fourth-order valence-electron chi connectivity index (χ4n) is 5.25. The zero-order valence-corrected chi connectivity index (χ0v) is 24.3. The summed E-state index contributed by atoms with van der Waals surface area (Å²) >= 11 is 0. The largest absolute Gasteiger partial charge is 0.469 e. The second-order valence-electron chi connectivity index (χ2n) is 10.6. The Morgan fingerprint density at radius 3 is 2.33 bits per heavy atom. The molecule has 1 aliphatic carbocycles. The van der Waals surface area contributed by atoms with E-state index < -0.39 is 24.3 Å². The van der Waals surface area contributed by atoms with E-state index >= 15 is 0 Å². The number of carbonyl (C=O) groups is 2. The van der Waals surface area contributed by atoms with Crippen LogP contribution >= 0.6 is 0 Å². The van der Waals surface area contributed by atoms with E-state index in [1.807, 2.05) is 84.9 Å². The van der Waals surface area contributed by atoms with Gasteiger partial charge in [0.25, 0.3) is 0 Å². The highest BCUT2D eigenvalue weighted by molar-refractivity contribution is 5.90. The van der Waals surface area contributed by atoms with Crippen molar-refractivity contribution in [1.29, 1.82) is 0 Å². The smallest absolute Gasteiger partial charge is 0.338 e. The average molecular weight is 579 g/mol. The van der Waals surface area contributed by atoms with E-state index in [2.05, 4.69) is 11.8 Å². The zero-order chi connectivity index (χ0) is 30.4. The highest BCUT2D eigenvalue weighted by Gasteiger charge is 2.42.